The molecule has 0 aliphatic carbocycles. The summed E-state index contributed by atoms with van der Waals surface area (Å²) < 4.78 is 49.2. The average Bonchev–Trinajstić information content (AvgIpc) is 2.70. The van der Waals surface area contributed by atoms with Crippen LogP contribution in [0.5, 0.6) is 5.75 Å². The third-order valence-electron chi connectivity index (χ3n) is 4.43. The molecule has 1 aromatic carbocycles. The molecule has 30 heavy (non-hydrogen) atoms. The summed E-state index contributed by atoms with van der Waals surface area (Å²) in [6.45, 7) is 3.63. The van der Waals surface area contributed by atoms with E-state index in [9.17, 15) is 18.0 Å². The van der Waals surface area contributed by atoms with Crippen LogP contribution in [0.2, 0.25) is 0 Å². The highest BCUT2D eigenvalue weighted by Gasteiger charge is 2.34. The first-order valence-electron chi connectivity index (χ1n) is 9.53. The van der Waals surface area contributed by atoms with Crippen molar-refractivity contribution in [1.82, 2.24) is 15.5 Å². The molecule has 1 heterocycles. The molecule has 0 spiro atoms. The number of carbonyl (C=O) groups is 1. The second kappa shape index (κ2) is 12.7. The summed E-state index contributed by atoms with van der Waals surface area (Å²) >= 11 is 0. The molecule has 2 N–H and O–H groups in total. The highest BCUT2D eigenvalue weighted by atomic mass is 127. The minimum absolute atomic E-state index is 0. The van der Waals surface area contributed by atoms with Gasteiger partial charge in [0.2, 0.25) is 0 Å². The van der Waals surface area contributed by atoms with Crippen molar-refractivity contribution in [3.8, 4) is 5.75 Å². The Bertz CT molecular complexity index is 696. The highest BCUT2D eigenvalue weighted by Crippen LogP contribution is 2.35. The Morgan fingerprint density at radius 2 is 1.93 bits per heavy atom. The summed E-state index contributed by atoms with van der Waals surface area (Å²) in [6, 6.07) is 5.26. The van der Waals surface area contributed by atoms with E-state index < -0.39 is 11.7 Å². The monoisotopic (exact) mass is 544 g/mol. The summed E-state index contributed by atoms with van der Waals surface area (Å²) in [5.41, 5.74) is -0.795. The van der Waals surface area contributed by atoms with Crippen molar-refractivity contribution in [1.29, 1.82) is 0 Å². The number of hydrogen-bond donors (Lipinski definition) is 2. The lowest BCUT2D eigenvalue weighted by molar-refractivity contribution is -0.138. The summed E-state index contributed by atoms with van der Waals surface area (Å²) in [7, 11) is 1.61. The van der Waals surface area contributed by atoms with Crippen LogP contribution in [-0.2, 0) is 10.9 Å². The largest absolute Gasteiger partial charge is 0.491 e. The van der Waals surface area contributed by atoms with Gasteiger partial charge in [-0.1, -0.05) is 12.1 Å². The van der Waals surface area contributed by atoms with E-state index in [0.29, 0.717) is 25.7 Å². The Kier molecular flexibility index (Phi) is 11.1. The molecular formula is C19H28F3IN4O3. The van der Waals surface area contributed by atoms with Crippen molar-refractivity contribution in [2.24, 2.45) is 4.99 Å². The highest BCUT2D eigenvalue weighted by molar-refractivity contribution is 14.0. The second-order valence-corrected chi connectivity index (χ2v) is 6.45. The van der Waals surface area contributed by atoms with E-state index in [4.69, 9.17) is 9.47 Å². The zero-order valence-corrected chi connectivity index (χ0v) is 19.3. The molecule has 1 saturated heterocycles. The lowest BCUT2D eigenvalue weighted by atomic mass is 10.1. The molecule has 1 aliphatic heterocycles. The number of aliphatic imine (C=N–C) groups is 1. The van der Waals surface area contributed by atoms with Crippen molar-refractivity contribution in [3.63, 3.8) is 0 Å². The maximum Gasteiger partial charge on any atom is 0.419 e. The topological polar surface area (TPSA) is 75.2 Å². The molecule has 1 aliphatic rings. The number of alkyl halides is 3. The predicted octanol–water partition coefficient (Wildman–Crippen LogP) is 3.49. The van der Waals surface area contributed by atoms with Crippen molar-refractivity contribution < 1.29 is 27.4 Å². The summed E-state index contributed by atoms with van der Waals surface area (Å²) in [5, 5.41) is 6.28. The Morgan fingerprint density at radius 3 is 2.53 bits per heavy atom. The fourth-order valence-electron chi connectivity index (χ4n) is 2.97. The van der Waals surface area contributed by atoms with E-state index in [1.54, 1.807) is 18.9 Å². The van der Waals surface area contributed by atoms with E-state index in [1.165, 1.54) is 18.2 Å². The number of amides is 1. The number of likely N-dealkylation sites (tertiary alicyclic amines) is 1. The number of hydrogen-bond acceptors (Lipinski definition) is 4. The van der Waals surface area contributed by atoms with Gasteiger partial charge in [-0.05, 0) is 31.9 Å². The van der Waals surface area contributed by atoms with E-state index in [2.05, 4.69) is 15.6 Å². The molecule has 0 atom stereocenters. The van der Waals surface area contributed by atoms with Crippen molar-refractivity contribution in [2.45, 2.75) is 32.0 Å². The van der Waals surface area contributed by atoms with Gasteiger partial charge in [-0.2, -0.15) is 13.2 Å². The van der Waals surface area contributed by atoms with E-state index in [0.717, 1.165) is 18.9 Å². The standard InChI is InChI=1S/C19H27F3N4O3.HI/c1-3-28-18(27)26-11-8-14(9-12-26)25-17(23-2)24-10-13-29-16-7-5-4-6-15(16)19(20,21)22;/h4-7,14H,3,8-13H2,1-2H3,(H2,23,24,25);1H. The number of ether oxygens (including phenoxy) is 2. The molecule has 1 amide bonds. The van der Waals surface area contributed by atoms with Crippen LogP contribution in [0.15, 0.2) is 29.3 Å². The molecular weight excluding hydrogens is 516 g/mol. The number of carbonyl (C=O) groups excluding carboxylic acids is 1. The fraction of sp³-hybridized carbons (Fsp3) is 0.579. The van der Waals surface area contributed by atoms with E-state index in [-0.39, 0.29) is 55.0 Å². The molecule has 0 saturated carbocycles. The van der Waals surface area contributed by atoms with Gasteiger partial charge in [-0.25, -0.2) is 4.79 Å². The molecule has 11 heteroatoms. The molecule has 1 aromatic rings. The molecule has 1 fully saturated rings. The van der Waals surface area contributed by atoms with Crippen LogP contribution in [0.3, 0.4) is 0 Å². The maximum absolute atomic E-state index is 13.0. The minimum atomic E-state index is -4.46. The molecule has 7 nitrogen and oxygen atoms in total. The summed E-state index contributed by atoms with van der Waals surface area (Å²) in [5.74, 6) is 0.336. The Labute approximate surface area is 191 Å². The molecule has 0 unspecified atom stereocenters. The minimum Gasteiger partial charge on any atom is -0.491 e. The van der Waals surface area contributed by atoms with Crippen LogP contribution >= 0.6 is 24.0 Å². The maximum atomic E-state index is 13.0. The number of guanidine groups is 1. The van der Waals surface area contributed by atoms with Crippen LogP contribution in [-0.4, -0.2) is 62.9 Å². The number of piperidine rings is 1. The van der Waals surface area contributed by atoms with Crippen LogP contribution in [0.25, 0.3) is 0 Å². The Balaban J connectivity index is 0.00000450. The number of rotatable bonds is 6. The number of halogens is 4. The van der Waals surface area contributed by atoms with Crippen LogP contribution in [0.4, 0.5) is 18.0 Å². The zero-order chi connectivity index (χ0) is 21.3. The first-order valence-corrected chi connectivity index (χ1v) is 9.53. The molecule has 0 bridgehead atoms. The molecule has 0 aromatic heterocycles. The van der Waals surface area contributed by atoms with Crippen LogP contribution in [0.1, 0.15) is 25.3 Å². The average molecular weight is 544 g/mol. The van der Waals surface area contributed by atoms with Crippen LogP contribution < -0.4 is 15.4 Å². The van der Waals surface area contributed by atoms with Gasteiger partial charge in [-0.15, -0.1) is 24.0 Å². The SMILES string of the molecule is CCOC(=O)N1CCC(NC(=NC)NCCOc2ccccc2C(F)(F)F)CC1.I. The number of para-hydroxylation sites is 1. The fourth-order valence-corrected chi connectivity index (χ4v) is 2.97. The third kappa shape index (κ3) is 8.07. The quantitative estimate of drug-likeness (QED) is 0.248. The van der Waals surface area contributed by atoms with Gasteiger partial charge in [0.15, 0.2) is 5.96 Å². The Hall–Kier alpha value is -1.92. The number of benzene rings is 1. The van der Waals surface area contributed by atoms with Crippen molar-refractivity contribution in [3.05, 3.63) is 29.8 Å². The van der Waals surface area contributed by atoms with Gasteiger partial charge in [0, 0.05) is 26.2 Å². The molecule has 170 valence electrons. The van der Waals surface area contributed by atoms with Gasteiger partial charge in [-0.3, -0.25) is 4.99 Å². The first kappa shape index (κ1) is 26.1. The summed E-state index contributed by atoms with van der Waals surface area (Å²) in [6.07, 6.45) is -3.27. The second-order valence-electron chi connectivity index (χ2n) is 6.45. The van der Waals surface area contributed by atoms with E-state index >= 15 is 0 Å². The van der Waals surface area contributed by atoms with Crippen molar-refractivity contribution in [2.75, 3.05) is 39.9 Å². The van der Waals surface area contributed by atoms with E-state index in [1.807, 2.05) is 0 Å². The van der Waals surface area contributed by atoms with Gasteiger partial charge in [0.1, 0.15) is 12.4 Å². The zero-order valence-electron chi connectivity index (χ0n) is 17.0. The molecule has 0 radical (unpaired) electrons. The molecule has 2 rings (SSSR count). The smallest absolute Gasteiger partial charge is 0.419 e. The van der Waals surface area contributed by atoms with Gasteiger partial charge >= 0.3 is 12.3 Å². The van der Waals surface area contributed by atoms with Gasteiger partial charge < -0.3 is 25.0 Å². The lowest BCUT2D eigenvalue weighted by Gasteiger charge is -2.32. The van der Waals surface area contributed by atoms with Gasteiger partial charge in [0.25, 0.3) is 0 Å². The van der Waals surface area contributed by atoms with Crippen molar-refractivity contribution >= 4 is 36.0 Å². The third-order valence-corrected chi connectivity index (χ3v) is 4.43. The first-order chi connectivity index (χ1) is 13.8. The number of nitrogens with one attached hydrogen (secondary N) is 2. The predicted molar refractivity (Wildman–Crippen MR) is 118 cm³/mol. The Morgan fingerprint density at radius 1 is 1.27 bits per heavy atom. The normalized spacial score (nSPS) is 15.2. The number of nitrogens with zero attached hydrogens (tertiary/aromatic N) is 2. The summed E-state index contributed by atoms with van der Waals surface area (Å²) in [4.78, 5) is 17.5. The van der Waals surface area contributed by atoms with Gasteiger partial charge in [0.05, 0.1) is 18.7 Å². The van der Waals surface area contributed by atoms with Crippen LogP contribution in [0, 0.1) is 0 Å². The lowest BCUT2D eigenvalue weighted by Crippen LogP contribution is -2.50.